The van der Waals surface area contributed by atoms with Crippen LogP contribution >= 0.6 is 0 Å². The third-order valence-corrected chi connectivity index (χ3v) is 11.4. The van der Waals surface area contributed by atoms with Crippen molar-refractivity contribution in [3.63, 3.8) is 0 Å². The first-order valence-corrected chi connectivity index (χ1v) is 17.2. The van der Waals surface area contributed by atoms with Gasteiger partial charge in [-0.1, -0.05) is 97.1 Å². The van der Waals surface area contributed by atoms with Crippen LogP contribution in [0.3, 0.4) is 0 Å². The van der Waals surface area contributed by atoms with Crippen LogP contribution in [0.2, 0.25) is 13.1 Å². The van der Waals surface area contributed by atoms with Crippen molar-refractivity contribution in [2.24, 2.45) is 0 Å². The minimum atomic E-state index is -2.90. The number of hydrogen-bond acceptors (Lipinski definition) is 4. The zero-order valence-corrected chi connectivity index (χ0v) is 23.5. The van der Waals surface area contributed by atoms with Crippen LogP contribution in [0.25, 0.3) is 0 Å². The molecule has 5 rings (SSSR count). The van der Waals surface area contributed by atoms with Crippen LogP contribution in [-0.2, 0) is 0 Å². The maximum absolute atomic E-state index is 6.57. The van der Waals surface area contributed by atoms with E-state index in [1.165, 1.54) is 0 Å². The highest BCUT2D eigenvalue weighted by atomic mass is 28.4. The minimum Gasteiger partial charge on any atom is -0.509 e. The van der Waals surface area contributed by atoms with Gasteiger partial charge in [0, 0.05) is 23.5 Å². The zero-order valence-electron chi connectivity index (χ0n) is 21.5. The maximum Gasteiger partial charge on any atom is 0.492 e. The Kier molecular flexibility index (Phi) is 7.63. The highest BCUT2D eigenvalue weighted by Crippen LogP contribution is 2.23. The predicted octanol–water partition coefficient (Wildman–Crippen LogP) is 6.56. The van der Waals surface area contributed by atoms with Gasteiger partial charge in [0.15, 0.2) is 0 Å². The molecule has 0 aliphatic rings. The van der Waals surface area contributed by atoms with Gasteiger partial charge in [0.25, 0.3) is 0 Å². The molecule has 0 radical (unpaired) electrons. The van der Waals surface area contributed by atoms with Crippen molar-refractivity contribution >= 4 is 27.5 Å². The highest BCUT2D eigenvalue weighted by molar-refractivity contribution is 6.82. The molecule has 0 atom stereocenters. The summed E-state index contributed by atoms with van der Waals surface area (Å²) >= 11 is 0. The summed E-state index contributed by atoms with van der Waals surface area (Å²) in [6, 6.07) is 47.6. The Morgan fingerprint density at radius 3 is 0.737 bits per heavy atom. The Hall–Kier alpha value is -4.27. The van der Waals surface area contributed by atoms with Gasteiger partial charge in [0.2, 0.25) is 0 Å². The summed E-state index contributed by atoms with van der Waals surface area (Å²) in [5.74, 6) is 3.11. The van der Waals surface area contributed by atoms with Gasteiger partial charge < -0.3 is 17.7 Å². The van der Waals surface area contributed by atoms with E-state index in [2.05, 4.69) is 37.4 Å². The van der Waals surface area contributed by atoms with Crippen molar-refractivity contribution < 1.29 is 17.7 Å². The van der Waals surface area contributed by atoms with E-state index in [1.807, 2.05) is 121 Å². The van der Waals surface area contributed by atoms with E-state index in [-0.39, 0.29) is 0 Å². The molecule has 5 aromatic carbocycles. The van der Waals surface area contributed by atoms with E-state index in [4.69, 9.17) is 17.7 Å². The lowest BCUT2D eigenvalue weighted by molar-refractivity contribution is 0.407. The number of hydrogen-bond donors (Lipinski definition) is 0. The van der Waals surface area contributed by atoms with Gasteiger partial charge in [-0.25, -0.2) is 0 Å². The molecular weight excluding hydrogens is 505 g/mol. The van der Waals surface area contributed by atoms with Gasteiger partial charge in [-0.15, -0.1) is 0 Å². The fraction of sp³-hybridized carbons (Fsp3) is 0.0625. The van der Waals surface area contributed by atoms with Crippen LogP contribution < -0.4 is 28.1 Å². The van der Waals surface area contributed by atoms with E-state index in [1.54, 1.807) is 0 Å². The summed E-state index contributed by atoms with van der Waals surface area (Å²) in [4.78, 5) is 0. The molecular formula is C32H30O4Si2. The van der Waals surface area contributed by atoms with E-state index in [0.29, 0.717) is 0 Å². The zero-order chi connectivity index (χ0) is 26.3. The van der Waals surface area contributed by atoms with E-state index >= 15 is 0 Å². The van der Waals surface area contributed by atoms with Gasteiger partial charge in [0.05, 0.1) is 0 Å². The van der Waals surface area contributed by atoms with Crippen molar-refractivity contribution in [1.29, 1.82) is 0 Å². The third kappa shape index (κ3) is 6.16. The second-order valence-corrected chi connectivity index (χ2v) is 14.9. The average Bonchev–Trinajstić information content (AvgIpc) is 2.95. The molecule has 0 aromatic heterocycles. The molecule has 0 aliphatic carbocycles. The maximum atomic E-state index is 6.57. The summed E-state index contributed by atoms with van der Waals surface area (Å²) in [5, 5.41) is 2.01. The predicted molar refractivity (Wildman–Crippen MR) is 157 cm³/mol. The van der Waals surface area contributed by atoms with Gasteiger partial charge in [-0.05, 0) is 48.5 Å². The molecule has 0 unspecified atom stereocenters. The van der Waals surface area contributed by atoms with Crippen LogP contribution in [0, 0.1) is 0 Å². The fourth-order valence-electron chi connectivity index (χ4n) is 4.21. The molecule has 0 fully saturated rings. The minimum absolute atomic E-state index is 0.778. The van der Waals surface area contributed by atoms with Crippen LogP contribution in [0.1, 0.15) is 0 Å². The molecule has 4 nitrogen and oxygen atoms in total. The summed E-state index contributed by atoms with van der Waals surface area (Å²) in [5.41, 5.74) is 0. The second-order valence-electron chi connectivity index (χ2n) is 9.13. The Morgan fingerprint density at radius 2 is 0.526 bits per heavy atom. The van der Waals surface area contributed by atoms with Crippen molar-refractivity contribution in [3.05, 3.63) is 146 Å². The van der Waals surface area contributed by atoms with Crippen LogP contribution in [0.4, 0.5) is 0 Å². The van der Waals surface area contributed by atoms with E-state index in [9.17, 15) is 0 Å². The number of rotatable bonds is 10. The fourth-order valence-corrected chi connectivity index (χ4v) is 8.65. The van der Waals surface area contributed by atoms with Gasteiger partial charge in [-0.2, -0.15) is 0 Å². The molecule has 5 aromatic rings. The standard InChI is InChI=1S/C32H30O4Si2/c1-37(33-27-15-7-3-8-16-27,34-28-17-9-4-10-18-28)31-23-25-32(26-24-31)38(2,35-29-19-11-5-12-20-29)36-30-21-13-6-14-22-30/h3-26H,1-2H3. The normalized spacial score (nSPS) is 11.4. The largest absolute Gasteiger partial charge is 0.509 e. The van der Waals surface area contributed by atoms with Gasteiger partial charge >= 0.3 is 17.1 Å². The van der Waals surface area contributed by atoms with Crippen LogP contribution in [0.15, 0.2) is 146 Å². The van der Waals surface area contributed by atoms with Crippen molar-refractivity contribution in [2.75, 3.05) is 0 Å². The molecule has 6 heteroatoms. The Morgan fingerprint density at radius 1 is 0.316 bits per heavy atom. The van der Waals surface area contributed by atoms with Gasteiger partial charge in [-0.3, -0.25) is 0 Å². The Balaban J connectivity index is 1.49. The Labute approximate surface area is 226 Å². The van der Waals surface area contributed by atoms with Crippen LogP contribution in [-0.4, -0.2) is 17.1 Å². The van der Waals surface area contributed by atoms with Crippen molar-refractivity contribution in [1.82, 2.24) is 0 Å². The molecule has 0 saturated heterocycles. The summed E-state index contributed by atoms with van der Waals surface area (Å²) < 4.78 is 26.3. The number of para-hydroxylation sites is 4. The Bertz CT molecular complexity index is 1220. The van der Waals surface area contributed by atoms with Crippen molar-refractivity contribution in [2.45, 2.75) is 13.1 Å². The second kappa shape index (κ2) is 11.4. The SMILES string of the molecule is C[Si](Oc1ccccc1)(Oc1ccccc1)c1ccc([Si](C)(Oc2ccccc2)Oc2ccccc2)cc1. The van der Waals surface area contributed by atoms with Gasteiger partial charge in [0.1, 0.15) is 23.0 Å². The summed E-state index contributed by atoms with van der Waals surface area (Å²) in [6.07, 6.45) is 0. The third-order valence-electron chi connectivity index (χ3n) is 6.16. The van der Waals surface area contributed by atoms with E-state index in [0.717, 1.165) is 33.4 Å². The summed E-state index contributed by atoms with van der Waals surface area (Å²) in [7, 11) is -5.81. The highest BCUT2D eigenvalue weighted by Gasteiger charge is 2.42. The first-order valence-electron chi connectivity index (χ1n) is 12.6. The molecule has 0 bridgehead atoms. The molecule has 0 saturated carbocycles. The molecule has 190 valence electrons. The lowest BCUT2D eigenvalue weighted by atomic mass is 10.3. The van der Waals surface area contributed by atoms with E-state index < -0.39 is 17.1 Å². The molecule has 0 aliphatic heterocycles. The monoisotopic (exact) mass is 534 g/mol. The smallest absolute Gasteiger partial charge is 0.492 e. The first-order chi connectivity index (χ1) is 18.5. The quantitative estimate of drug-likeness (QED) is 0.190. The van der Waals surface area contributed by atoms with Crippen molar-refractivity contribution in [3.8, 4) is 23.0 Å². The number of benzene rings is 5. The van der Waals surface area contributed by atoms with Crippen LogP contribution in [0.5, 0.6) is 23.0 Å². The molecule has 0 amide bonds. The molecule has 38 heavy (non-hydrogen) atoms. The lowest BCUT2D eigenvalue weighted by Crippen LogP contribution is -2.59. The molecule has 0 N–H and O–H groups in total. The molecule has 0 spiro atoms. The average molecular weight is 535 g/mol. The topological polar surface area (TPSA) is 36.9 Å². The first kappa shape index (κ1) is 25.4. The lowest BCUT2D eigenvalue weighted by Gasteiger charge is -2.31. The summed E-state index contributed by atoms with van der Waals surface area (Å²) in [6.45, 7) is 4.14. The molecule has 0 heterocycles.